The van der Waals surface area contributed by atoms with Gasteiger partial charge in [-0.2, -0.15) is 0 Å². The normalized spacial score (nSPS) is 15.1. The van der Waals surface area contributed by atoms with E-state index in [1.54, 1.807) is 0 Å². The van der Waals surface area contributed by atoms with Gasteiger partial charge in [-0.1, -0.05) is 11.8 Å². The molecule has 37 heavy (non-hydrogen) atoms. The van der Waals surface area contributed by atoms with Crippen LogP contribution in [0.3, 0.4) is 0 Å². The van der Waals surface area contributed by atoms with Crippen molar-refractivity contribution in [2.45, 2.75) is 96.4 Å². The predicted octanol–water partition coefficient (Wildman–Crippen LogP) is 6.70. The molecule has 3 heterocycles. The maximum absolute atomic E-state index is 13.1. The van der Waals surface area contributed by atoms with Crippen LogP contribution in [-0.2, 0) is 35.2 Å². The Morgan fingerprint density at radius 1 is 1.03 bits per heavy atom. The molecule has 1 N–H and O–H groups in total. The topological polar surface area (TPSA) is 86.1 Å². The fourth-order valence-corrected chi connectivity index (χ4v) is 8.43. The summed E-state index contributed by atoms with van der Waals surface area (Å²) in [6.45, 7) is 7.94. The Labute approximate surface area is 230 Å². The lowest BCUT2D eigenvalue weighted by molar-refractivity contribution is -0.113. The standard InChI is InChI=1S/C27H34N4O3S3/c1-15(2)31-24(19-13-35-20-11-7-5-9-17(19)20)29-30-27(31)36-14-22(32)28-25-23(26(33)34-16(3)4)18-10-6-8-12-21(18)37-25/h13,15-16H,5-12,14H2,1-4H3,(H,28,32). The minimum absolute atomic E-state index is 0.157. The van der Waals surface area contributed by atoms with E-state index in [-0.39, 0.29) is 29.8 Å². The molecular weight excluding hydrogens is 525 g/mol. The van der Waals surface area contributed by atoms with E-state index in [0.29, 0.717) is 10.6 Å². The van der Waals surface area contributed by atoms with Gasteiger partial charge in [0.25, 0.3) is 0 Å². The van der Waals surface area contributed by atoms with Gasteiger partial charge in [0.1, 0.15) is 5.00 Å². The summed E-state index contributed by atoms with van der Waals surface area (Å²) in [6.07, 6.45) is 8.46. The molecule has 0 bridgehead atoms. The highest BCUT2D eigenvalue weighted by Gasteiger charge is 2.28. The molecule has 2 aliphatic rings. The van der Waals surface area contributed by atoms with E-state index in [2.05, 4.69) is 39.3 Å². The van der Waals surface area contributed by atoms with Crippen molar-refractivity contribution < 1.29 is 14.3 Å². The lowest BCUT2D eigenvalue weighted by Crippen LogP contribution is -2.19. The molecule has 198 valence electrons. The number of fused-ring (bicyclic) bond motifs is 2. The molecule has 0 saturated heterocycles. The number of nitrogens with zero attached hydrogens (tertiary/aromatic N) is 3. The molecule has 0 aliphatic heterocycles. The van der Waals surface area contributed by atoms with Crippen molar-refractivity contribution in [2.24, 2.45) is 0 Å². The Kier molecular flexibility index (Phi) is 8.07. The highest BCUT2D eigenvalue weighted by atomic mass is 32.2. The second-order valence-corrected chi connectivity index (χ2v) is 13.2. The first-order chi connectivity index (χ1) is 17.8. The third kappa shape index (κ3) is 5.52. The van der Waals surface area contributed by atoms with Gasteiger partial charge in [0.05, 0.1) is 17.4 Å². The summed E-state index contributed by atoms with van der Waals surface area (Å²) in [5.41, 5.74) is 4.20. The van der Waals surface area contributed by atoms with Crippen LogP contribution in [0.1, 0.15) is 90.7 Å². The number of rotatable bonds is 8. The molecule has 0 unspecified atom stereocenters. The molecular formula is C27H34N4O3S3. The molecule has 0 aromatic carbocycles. The van der Waals surface area contributed by atoms with Gasteiger partial charge in [-0.25, -0.2) is 4.79 Å². The Hall–Kier alpha value is -2.17. The number of aryl methyl sites for hydroxylation is 2. The van der Waals surface area contributed by atoms with Crippen LogP contribution in [-0.4, -0.2) is 38.5 Å². The van der Waals surface area contributed by atoms with E-state index >= 15 is 0 Å². The van der Waals surface area contributed by atoms with E-state index in [9.17, 15) is 9.59 Å². The van der Waals surface area contributed by atoms with Gasteiger partial charge >= 0.3 is 5.97 Å². The summed E-state index contributed by atoms with van der Waals surface area (Å²) >= 11 is 4.73. The smallest absolute Gasteiger partial charge is 0.341 e. The monoisotopic (exact) mass is 558 g/mol. The molecule has 2 aliphatic carbocycles. The van der Waals surface area contributed by atoms with Crippen molar-refractivity contribution in [1.82, 2.24) is 14.8 Å². The number of ether oxygens (including phenoxy) is 1. The molecule has 7 nitrogen and oxygen atoms in total. The van der Waals surface area contributed by atoms with Gasteiger partial charge in [0.15, 0.2) is 11.0 Å². The zero-order valence-corrected chi connectivity index (χ0v) is 24.3. The summed E-state index contributed by atoms with van der Waals surface area (Å²) in [6, 6.07) is 0.163. The third-order valence-electron chi connectivity index (χ3n) is 6.79. The average Bonchev–Trinajstić information content (AvgIpc) is 3.56. The van der Waals surface area contributed by atoms with Crippen LogP contribution in [0, 0.1) is 0 Å². The van der Waals surface area contributed by atoms with Crippen molar-refractivity contribution in [2.75, 3.05) is 11.1 Å². The fourth-order valence-electron chi connectivity index (χ4n) is 5.14. The van der Waals surface area contributed by atoms with Crippen LogP contribution >= 0.6 is 34.4 Å². The van der Waals surface area contributed by atoms with Gasteiger partial charge in [0.2, 0.25) is 5.91 Å². The van der Waals surface area contributed by atoms with E-state index in [1.165, 1.54) is 56.8 Å². The van der Waals surface area contributed by atoms with Crippen LogP contribution < -0.4 is 5.32 Å². The first-order valence-electron chi connectivity index (χ1n) is 13.2. The summed E-state index contributed by atoms with van der Waals surface area (Å²) in [7, 11) is 0. The number of anilines is 1. The average molecular weight is 559 g/mol. The third-order valence-corrected chi connectivity index (χ3v) is 10.0. The number of thioether (sulfide) groups is 1. The number of carbonyl (C=O) groups excluding carboxylic acids is 2. The van der Waals surface area contributed by atoms with Crippen molar-refractivity contribution >= 4 is 51.3 Å². The van der Waals surface area contributed by atoms with E-state index < -0.39 is 0 Å². The largest absolute Gasteiger partial charge is 0.459 e. The number of esters is 1. The molecule has 1 amide bonds. The van der Waals surface area contributed by atoms with E-state index in [4.69, 9.17) is 4.74 Å². The SMILES string of the molecule is CC(C)OC(=O)c1c(NC(=O)CSc2nnc(-c3csc4c3CCCC4)n2C(C)C)sc2c1CCCC2. The predicted molar refractivity (Wildman–Crippen MR) is 151 cm³/mol. The van der Waals surface area contributed by atoms with Gasteiger partial charge in [-0.05, 0) is 90.2 Å². The number of hydrogen-bond donors (Lipinski definition) is 1. The first kappa shape index (κ1) is 26.4. The van der Waals surface area contributed by atoms with Crippen molar-refractivity contribution in [3.8, 4) is 11.4 Å². The second kappa shape index (κ2) is 11.3. The number of hydrogen-bond acceptors (Lipinski definition) is 8. The maximum atomic E-state index is 13.1. The molecule has 0 saturated carbocycles. The summed E-state index contributed by atoms with van der Waals surface area (Å²) < 4.78 is 7.67. The maximum Gasteiger partial charge on any atom is 0.341 e. The number of thiophene rings is 2. The summed E-state index contributed by atoms with van der Waals surface area (Å²) in [5, 5.41) is 15.6. The van der Waals surface area contributed by atoms with Crippen molar-refractivity contribution in [3.05, 3.63) is 31.8 Å². The second-order valence-electron chi connectivity index (χ2n) is 10.2. The Morgan fingerprint density at radius 2 is 1.73 bits per heavy atom. The fraction of sp³-hybridized carbons (Fsp3) is 0.556. The molecule has 0 fully saturated rings. The number of carbonyl (C=O) groups is 2. The molecule has 10 heteroatoms. The summed E-state index contributed by atoms with van der Waals surface area (Å²) in [4.78, 5) is 28.6. The van der Waals surface area contributed by atoms with E-state index in [0.717, 1.165) is 55.1 Å². The Morgan fingerprint density at radius 3 is 2.46 bits per heavy atom. The minimum Gasteiger partial charge on any atom is -0.459 e. The van der Waals surface area contributed by atoms with Crippen LogP contribution in [0.25, 0.3) is 11.4 Å². The molecule has 5 rings (SSSR count). The minimum atomic E-state index is -0.347. The molecule has 0 atom stereocenters. The van der Waals surface area contributed by atoms with Crippen LogP contribution in [0.2, 0.25) is 0 Å². The van der Waals surface area contributed by atoms with Gasteiger partial charge < -0.3 is 10.1 Å². The van der Waals surface area contributed by atoms with Gasteiger partial charge in [-0.3, -0.25) is 9.36 Å². The Balaban J connectivity index is 1.33. The number of nitrogens with one attached hydrogen (secondary N) is 1. The highest BCUT2D eigenvalue weighted by molar-refractivity contribution is 7.99. The van der Waals surface area contributed by atoms with Crippen molar-refractivity contribution in [1.29, 1.82) is 0 Å². The number of amides is 1. The molecule has 0 spiro atoms. The van der Waals surface area contributed by atoms with Gasteiger partial charge in [-0.15, -0.1) is 32.9 Å². The Bertz CT molecular complexity index is 1300. The van der Waals surface area contributed by atoms with Crippen LogP contribution in [0.4, 0.5) is 5.00 Å². The molecule has 3 aromatic heterocycles. The quantitative estimate of drug-likeness (QED) is 0.244. The van der Waals surface area contributed by atoms with Crippen LogP contribution in [0.5, 0.6) is 0 Å². The zero-order valence-electron chi connectivity index (χ0n) is 21.9. The lowest BCUT2D eigenvalue weighted by atomic mass is 9.95. The number of aromatic nitrogens is 3. The first-order valence-corrected chi connectivity index (χ1v) is 15.8. The van der Waals surface area contributed by atoms with Crippen LogP contribution in [0.15, 0.2) is 10.5 Å². The molecule has 3 aromatic rings. The van der Waals surface area contributed by atoms with E-state index in [1.807, 2.05) is 25.2 Å². The lowest BCUT2D eigenvalue weighted by Gasteiger charge is -2.16. The van der Waals surface area contributed by atoms with Crippen molar-refractivity contribution in [3.63, 3.8) is 0 Å². The van der Waals surface area contributed by atoms with Gasteiger partial charge in [0, 0.05) is 26.7 Å². The molecule has 0 radical (unpaired) electrons. The zero-order chi connectivity index (χ0) is 26.1. The summed E-state index contributed by atoms with van der Waals surface area (Å²) in [5.74, 6) is 0.575. The highest BCUT2D eigenvalue weighted by Crippen LogP contribution is 2.40.